The third-order valence-electron chi connectivity index (χ3n) is 5.40. The largest absolute Gasteiger partial charge is 0.348 e. The number of hydrogen-bond donors (Lipinski definition) is 1. The van der Waals surface area contributed by atoms with E-state index in [-0.39, 0.29) is 17.9 Å². The highest BCUT2D eigenvalue weighted by molar-refractivity contribution is 5.98. The fourth-order valence-electron chi connectivity index (χ4n) is 3.62. The molecule has 1 aliphatic rings. The molecular formula is C23H25N5O2. The molecule has 0 spiro atoms. The molecule has 7 nitrogen and oxygen atoms in total. The van der Waals surface area contributed by atoms with Crippen LogP contribution in [0.15, 0.2) is 59.7 Å². The van der Waals surface area contributed by atoms with E-state index in [1.165, 1.54) is 29.0 Å². The second kappa shape index (κ2) is 9.00. The summed E-state index contributed by atoms with van der Waals surface area (Å²) in [5, 5.41) is 3.01. The Hall–Kier alpha value is -3.32. The van der Waals surface area contributed by atoms with Crippen LogP contribution >= 0.6 is 0 Å². The lowest BCUT2D eigenvalue weighted by Crippen LogP contribution is -2.24. The van der Waals surface area contributed by atoms with Crippen LogP contribution < -0.4 is 10.9 Å². The van der Waals surface area contributed by atoms with Crippen molar-refractivity contribution in [3.8, 4) is 11.3 Å². The third kappa shape index (κ3) is 4.63. The van der Waals surface area contributed by atoms with Crippen molar-refractivity contribution in [2.75, 3.05) is 25.0 Å². The highest BCUT2D eigenvalue weighted by Gasteiger charge is 2.13. The molecule has 0 amide bonds. The topological polar surface area (TPSA) is 80.1 Å². The van der Waals surface area contributed by atoms with E-state index in [0.717, 1.165) is 25.2 Å². The summed E-state index contributed by atoms with van der Waals surface area (Å²) >= 11 is 0. The van der Waals surface area contributed by atoms with E-state index >= 15 is 0 Å². The summed E-state index contributed by atoms with van der Waals surface area (Å²) in [7, 11) is 1.63. The van der Waals surface area contributed by atoms with Gasteiger partial charge in [0.1, 0.15) is 0 Å². The molecule has 1 saturated heterocycles. The van der Waals surface area contributed by atoms with Gasteiger partial charge in [0.15, 0.2) is 5.78 Å². The van der Waals surface area contributed by atoms with E-state index in [1.54, 1.807) is 31.6 Å². The smallest absolute Gasteiger partial charge is 0.255 e. The van der Waals surface area contributed by atoms with Crippen LogP contribution in [-0.4, -0.2) is 44.9 Å². The standard InChI is InChI=1S/C23H25N5O2/c1-27-22(30)14-20(18-8-10-24-11-9-18)26-23(27)25-15-21(29)19-6-4-17(5-7-19)16-28-12-2-3-13-28/h4-11,14H,2-3,12-13,15-16H2,1H3,(H,25,26). The molecule has 4 rings (SSSR count). The monoisotopic (exact) mass is 403 g/mol. The molecule has 0 aliphatic carbocycles. The number of hydrogen-bond acceptors (Lipinski definition) is 6. The van der Waals surface area contributed by atoms with Crippen LogP contribution in [0.2, 0.25) is 0 Å². The average Bonchev–Trinajstić information content (AvgIpc) is 3.28. The maximum absolute atomic E-state index is 12.6. The summed E-state index contributed by atoms with van der Waals surface area (Å²) in [5.41, 5.74) is 3.00. The zero-order chi connectivity index (χ0) is 20.9. The van der Waals surface area contributed by atoms with Crippen LogP contribution in [-0.2, 0) is 13.6 Å². The Balaban J connectivity index is 1.43. The number of nitrogens with one attached hydrogen (secondary N) is 1. The van der Waals surface area contributed by atoms with Crippen LogP contribution in [0.1, 0.15) is 28.8 Å². The molecule has 154 valence electrons. The van der Waals surface area contributed by atoms with Crippen molar-refractivity contribution in [2.45, 2.75) is 19.4 Å². The van der Waals surface area contributed by atoms with Crippen molar-refractivity contribution in [3.63, 3.8) is 0 Å². The first-order valence-electron chi connectivity index (χ1n) is 10.2. The molecule has 0 saturated carbocycles. The second-order valence-electron chi connectivity index (χ2n) is 7.56. The van der Waals surface area contributed by atoms with Gasteiger partial charge in [-0.15, -0.1) is 0 Å². The number of aromatic nitrogens is 3. The maximum Gasteiger partial charge on any atom is 0.255 e. The van der Waals surface area contributed by atoms with E-state index < -0.39 is 0 Å². The lowest BCUT2D eigenvalue weighted by molar-refractivity contribution is 0.101. The number of likely N-dealkylation sites (tertiary alicyclic amines) is 1. The van der Waals surface area contributed by atoms with E-state index in [1.807, 2.05) is 24.3 Å². The Morgan fingerprint density at radius 2 is 1.77 bits per heavy atom. The zero-order valence-corrected chi connectivity index (χ0v) is 17.0. The van der Waals surface area contributed by atoms with Gasteiger partial charge in [-0.3, -0.25) is 24.0 Å². The average molecular weight is 403 g/mol. The minimum atomic E-state index is -0.196. The number of benzene rings is 1. The Morgan fingerprint density at radius 3 is 2.47 bits per heavy atom. The van der Waals surface area contributed by atoms with E-state index in [0.29, 0.717) is 17.2 Å². The zero-order valence-electron chi connectivity index (χ0n) is 17.0. The first kappa shape index (κ1) is 20.0. The van der Waals surface area contributed by atoms with Crippen LogP contribution in [0, 0.1) is 0 Å². The Bertz CT molecular complexity index is 1070. The molecule has 0 radical (unpaired) electrons. The molecule has 3 aromatic rings. The summed E-state index contributed by atoms with van der Waals surface area (Å²) < 4.78 is 1.40. The number of pyridine rings is 1. The first-order chi connectivity index (χ1) is 14.6. The van der Waals surface area contributed by atoms with Gasteiger partial charge in [0.05, 0.1) is 12.2 Å². The summed E-state index contributed by atoms with van der Waals surface area (Å²) in [6.07, 6.45) is 5.83. The van der Waals surface area contributed by atoms with Gasteiger partial charge in [-0.25, -0.2) is 4.98 Å². The van der Waals surface area contributed by atoms with Crippen molar-refractivity contribution in [1.82, 2.24) is 19.4 Å². The third-order valence-corrected chi connectivity index (χ3v) is 5.40. The van der Waals surface area contributed by atoms with Crippen LogP contribution in [0.5, 0.6) is 0 Å². The van der Waals surface area contributed by atoms with Crippen molar-refractivity contribution < 1.29 is 4.79 Å². The van der Waals surface area contributed by atoms with Crippen molar-refractivity contribution in [3.05, 3.63) is 76.3 Å². The predicted molar refractivity (Wildman–Crippen MR) is 116 cm³/mol. The second-order valence-corrected chi connectivity index (χ2v) is 7.56. The summed E-state index contributed by atoms with van der Waals surface area (Å²) in [6.45, 7) is 3.29. The van der Waals surface area contributed by atoms with Crippen molar-refractivity contribution in [1.29, 1.82) is 0 Å². The quantitative estimate of drug-likeness (QED) is 0.611. The Morgan fingerprint density at radius 1 is 1.07 bits per heavy atom. The van der Waals surface area contributed by atoms with Gasteiger partial charge < -0.3 is 5.32 Å². The molecule has 0 unspecified atom stereocenters. The molecule has 2 aromatic heterocycles. The van der Waals surface area contributed by atoms with Gasteiger partial charge in [0, 0.05) is 43.2 Å². The summed E-state index contributed by atoms with van der Waals surface area (Å²) in [5.74, 6) is 0.305. The minimum absolute atomic E-state index is 0.0497. The van der Waals surface area contributed by atoms with Gasteiger partial charge in [-0.05, 0) is 43.6 Å². The molecule has 1 aliphatic heterocycles. The molecule has 1 aromatic carbocycles. The normalized spacial score (nSPS) is 14.0. The van der Waals surface area contributed by atoms with E-state index in [4.69, 9.17) is 0 Å². The lowest BCUT2D eigenvalue weighted by atomic mass is 10.1. The molecule has 0 atom stereocenters. The van der Waals surface area contributed by atoms with Gasteiger partial charge in [0.25, 0.3) is 5.56 Å². The molecule has 0 bridgehead atoms. The number of ketones is 1. The Labute approximate surface area is 175 Å². The van der Waals surface area contributed by atoms with Crippen LogP contribution in [0.25, 0.3) is 11.3 Å². The molecular weight excluding hydrogens is 378 g/mol. The number of carbonyl (C=O) groups is 1. The Kier molecular flexibility index (Phi) is 5.99. The maximum atomic E-state index is 12.6. The highest BCUT2D eigenvalue weighted by atomic mass is 16.1. The van der Waals surface area contributed by atoms with Crippen molar-refractivity contribution in [2.24, 2.45) is 7.05 Å². The van der Waals surface area contributed by atoms with Crippen LogP contribution in [0.3, 0.4) is 0 Å². The van der Waals surface area contributed by atoms with E-state index in [9.17, 15) is 9.59 Å². The van der Waals surface area contributed by atoms with Gasteiger partial charge in [0.2, 0.25) is 5.95 Å². The fraction of sp³-hybridized carbons (Fsp3) is 0.304. The number of rotatable bonds is 7. The fourth-order valence-corrected chi connectivity index (χ4v) is 3.62. The molecule has 1 fully saturated rings. The number of Topliss-reactive ketones (excluding diaryl/α,β-unsaturated/α-hetero) is 1. The van der Waals surface area contributed by atoms with E-state index in [2.05, 4.69) is 20.2 Å². The number of anilines is 1. The van der Waals surface area contributed by atoms with Gasteiger partial charge in [-0.2, -0.15) is 0 Å². The molecule has 30 heavy (non-hydrogen) atoms. The molecule has 3 heterocycles. The van der Waals surface area contributed by atoms with Gasteiger partial charge in [-0.1, -0.05) is 24.3 Å². The molecule has 1 N–H and O–H groups in total. The minimum Gasteiger partial charge on any atom is -0.348 e. The highest BCUT2D eigenvalue weighted by Crippen LogP contribution is 2.16. The lowest BCUT2D eigenvalue weighted by Gasteiger charge is -2.14. The summed E-state index contributed by atoms with van der Waals surface area (Å²) in [6, 6.07) is 12.8. The summed E-state index contributed by atoms with van der Waals surface area (Å²) in [4.78, 5) is 35.9. The van der Waals surface area contributed by atoms with Crippen LogP contribution in [0.4, 0.5) is 5.95 Å². The molecule has 7 heteroatoms. The predicted octanol–water partition coefficient (Wildman–Crippen LogP) is 2.73. The first-order valence-corrected chi connectivity index (χ1v) is 10.2. The SMILES string of the molecule is Cn1c(NCC(=O)c2ccc(CN3CCCC3)cc2)nc(-c2ccncc2)cc1=O. The number of nitrogens with zero attached hydrogens (tertiary/aromatic N) is 4. The van der Waals surface area contributed by atoms with Gasteiger partial charge >= 0.3 is 0 Å². The number of carbonyl (C=O) groups excluding carboxylic acids is 1. The van der Waals surface area contributed by atoms with Crippen molar-refractivity contribution >= 4 is 11.7 Å².